The van der Waals surface area contributed by atoms with E-state index in [0.29, 0.717) is 13.1 Å². The highest BCUT2D eigenvalue weighted by molar-refractivity contribution is 6.13. The molecule has 1 aliphatic rings. The van der Waals surface area contributed by atoms with Crippen molar-refractivity contribution in [2.24, 2.45) is 4.99 Å². The number of hydrogen-bond donors (Lipinski definition) is 0. The number of carbonyl (C=O) groups excluding carboxylic acids is 1. The molecule has 0 bridgehead atoms. The van der Waals surface area contributed by atoms with Gasteiger partial charge in [-0.2, -0.15) is 0 Å². The van der Waals surface area contributed by atoms with Gasteiger partial charge >= 0.3 is 6.09 Å². The molecule has 0 N–H and O–H groups in total. The van der Waals surface area contributed by atoms with E-state index < -0.39 is 5.60 Å². The number of rotatable bonds is 3. The first-order valence-electron chi connectivity index (χ1n) is 9.09. The third kappa shape index (κ3) is 4.72. The molecule has 1 saturated heterocycles. The summed E-state index contributed by atoms with van der Waals surface area (Å²) >= 11 is 0. The number of aliphatic imine (C=N–C) groups is 1. The third-order valence-electron chi connectivity index (χ3n) is 4.22. The molecule has 1 fully saturated rings. The summed E-state index contributed by atoms with van der Waals surface area (Å²) < 4.78 is 5.48. The van der Waals surface area contributed by atoms with Gasteiger partial charge in [0.05, 0.1) is 11.8 Å². The first-order valence-corrected chi connectivity index (χ1v) is 9.09. The minimum absolute atomic E-state index is 0.0814. The average molecular weight is 350 g/mol. The van der Waals surface area contributed by atoms with Crippen molar-refractivity contribution in [1.82, 2.24) is 4.90 Å². The quantitative estimate of drug-likeness (QED) is 0.763. The van der Waals surface area contributed by atoms with Crippen LogP contribution in [0.15, 0.2) is 65.7 Å². The fourth-order valence-corrected chi connectivity index (χ4v) is 3.03. The Kier molecular flexibility index (Phi) is 5.40. The lowest BCUT2D eigenvalue weighted by atomic mass is 10.0. The van der Waals surface area contributed by atoms with E-state index >= 15 is 0 Å². The summed E-state index contributed by atoms with van der Waals surface area (Å²) in [7, 11) is 0. The monoisotopic (exact) mass is 350 g/mol. The van der Waals surface area contributed by atoms with Crippen molar-refractivity contribution in [3.63, 3.8) is 0 Å². The van der Waals surface area contributed by atoms with Gasteiger partial charge in [0.15, 0.2) is 0 Å². The van der Waals surface area contributed by atoms with Crippen LogP contribution in [0.2, 0.25) is 0 Å². The summed E-state index contributed by atoms with van der Waals surface area (Å²) in [4.78, 5) is 19.1. The Labute approximate surface area is 155 Å². The summed E-state index contributed by atoms with van der Waals surface area (Å²) in [6.45, 7) is 6.94. The van der Waals surface area contributed by atoms with Crippen molar-refractivity contribution in [2.75, 3.05) is 13.1 Å². The van der Waals surface area contributed by atoms with Crippen LogP contribution < -0.4 is 0 Å². The highest BCUT2D eigenvalue weighted by Gasteiger charge is 2.30. The number of carbonyl (C=O) groups is 1. The van der Waals surface area contributed by atoms with Crippen LogP contribution in [0.1, 0.15) is 38.3 Å². The molecule has 2 aromatic carbocycles. The molecule has 0 unspecified atom stereocenters. The lowest BCUT2D eigenvalue weighted by Gasteiger charge is -2.24. The fraction of sp³-hybridized carbons (Fsp3) is 0.364. The summed E-state index contributed by atoms with van der Waals surface area (Å²) in [5.74, 6) is 0. The Balaban J connectivity index is 1.80. The number of amides is 1. The van der Waals surface area contributed by atoms with Crippen molar-refractivity contribution < 1.29 is 9.53 Å². The van der Waals surface area contributed by atoms with Gasteiger partial charge in [-0.1, -0.05) is 60.7 Å². The smallest absolute Gasteiger partial charge is 0.410 e. The van der Waals surface area contributed by atoms with Crippen LogP contribution in [0.25, 0.3) is 0 Å². The van der Waals surface area contributed by atoms with Gasteiger partial charge < -0.3 is 9.64 Å². The molecule has 0 radical (unpaired) electrons. The molecule has 4 heteroatoms. The van der Waals surface area contributed by atoms with Gasteiger partial charge in [0.2, 0.25) is 0 Å². The third-order valence-corrected chi connectivity index (χ3v) is 4.22. The number of likely N-dealkylation sites (tertiary alicyclic amines) is 1. The molecule has 136 valence electrons. The number of ether oxygens (including phenoxy) is 1. The van der Waals surface area contributed by atoms with Crippen molar-refractivity contribution >= 4 is 11.8 Å². The van der Waals surface area contributed by atoms with Crippen molar-refractivity contribution in [3.8, 4) is 0 Å². The zero-order chi connectivity index (χ0) is 18.6. The van der Waals surface area contributed by atoms with Crippen molar-refractivity contribution in [2.45, 2.75) is 38.8 Å². The molecule has 0 spiro atoms. The van der Waals surface area contributed by atoms with E-state index in [1.165, 1.54) is 0 Å². The predicted molar refractivity (Wildman–Crippen MR) is 105 cm³/mol. The Morgan fingerprint density at radius 3 is 2.04 bits per heavy atom. The van der Waals surface area contributed by atoms with Gasteiger partial charge in [-0.25, -0.2) is 4.79 Å². The maximum Gasteiger partial charge on any atom is 0.410 e. The first-order chi connectivity index (χ1) is 12.4. The van der Waals surface area contributed by atoms with Crippen LogP contribution in [0, 0.1) is 0 Å². The molecule has 1 amide bonds. The minimum atomic E-state index is -0.475. The predicted octanol–water partition coefficient (Wildman–Crippen LogP) is 4.53. The zero-order valence-electron chi connectivity index (χ0n) is 15.7. The lowest BCUT2D eigenvalue weighted by molar-refractivity contribution is 0.0293. The second kappa shape index (κ2) is 7.73. The maximum atomic E-state index is 12.3. The van der Waals surface area contributed by atoms with E-state index in [1.54, 1.807) is 4.90 Å². The maximum absolute atomic E-state index is 12.3. The zero-order valence-corrected chi connectivity index (χ0v) is 15.7. The summed E-state index contributed by atoms with van der Waals surface area (Å²) in [6.07, 6.45) is 0.596. The van der Waals surface area contributed by atoms with Gasteiger partial charge in [-0.15, -0.1) is 0 Å². The van der Waals surface area contributed by atoms with Gasteiger partial charge in [0.1, 0.15) is 5.60 Å². The van der Waals surface area contributed by atoms with Gasteiger partial charge in [-0.05, 0) is 27.2 Å². The number of benzene rings is 2. The molecule has 0 aliphatic carbocycles. The lowest BCUT2D eigenvalue weighted by Crippen LogP contribution is -2.35. The number of nitrogens with zero attached hydrogens (tertiary/aromatic N) is 2. The summed E-state index contributed by atoms with van der Waals surface area (Å²) in [5, 5.41) is 0. The largest absolute Gasteiger partial charge is 0.444 e. The molecule has 0 saturated carbocycles. The van der Waals surface area contributed by atoms with Crippen LogP contribution in [-0.2, 0) is 4.74 Å². The molecule has 0 aromatic heterocycles. The highest BCUT2D eigenvalue weighted by Crippen LogP contribution is 2.20. The van der Waals surface area contributed by atoms with Gasteiger partial charge in [-0.3, -0.25) is 4.99 Å². The van der Waals surface area contributed by atoms with E-state index in [0.717, 1.165) is 23.3 Å². The summed E-state index contributed by atoms with van der Waals surface area (Å²) in [5.41, 5.74) is 2.68. The molecular formula is C22H26N2O2. The molecule has 1 heterocycles. The topological polar surface area (TPSA) is 41.9 Å². The first kappa shape index (κ1) is 18.2. The highest BCUT2D eigenvalue weighted by atomic mass is 16.6. The molecule has 26 heavy (non-hydrogen) atoms. The Hall–Kier alpha value is -2.62. The minimum Gasteiger partial charge on any atom is -0.444 e. The van der Waals surface area contributed by atoms with Crippen molar-refractivity contribution in [3.05, 3.63) is 71.8 Å². The average Bonchev–Trinajstić information content (AvgIpc) is 3.09. The van der Waals surface area contributed by atoms with E-state index in [9.17, 15) is 4.79 Å². The molecule has 3 rings (SSSR count). The summed E-state index contributed by atoms with van der Waals surface area (Å²) in [6, 6.07) is 20.5. The molecule has 1 aliphatic heterocycles. The van der Waals surface area contributed by atoms with E-state index in [2.05, 4.69) is 24.3 Å². The van der Waals surface area contributed by atoms with Crippen LogP contribution >= 0.6 is 0 Å². The normalized spacial score (nSPS) is 17.0. The van der Waals surface area contributed by atoms with Crippen LogP contribution in [0.4, 0.5) is 4.79 Å². The van der Waals surface area contributed by atoms with E-state index in [4.69, 9.17) is 9.73 Å². The van der Waals surface area contributed by atoms with Crippen LogP contribution in [0.3, 0.4) is 0 Å². The second-order valence-corrected chi connectivity index (χ2v) is 7.58. The van der Waals surface area contributed by atoms with Crippen molar-refractivity contribution in [1.29, 1.82) is 0 Å². The molecule has 4 nitrogen and oxygen atoms in total. The standard InChI is InChI=1S/C22H26N2O2/c1-22(2,3)26-21(25)24-15-14-19(16-24)23-20(17-10-6-4-7-11-17)18-12-8-5-9-13-18/h4-13,19H,14-16H2,1-3H3/t19-/m1/s1. The molecule has 2 aromatic rings. The van der Waals surface area contributed by atoms with Crippen LogP contribution in [-0.4, -0.2) is 41.4 Å². The molecular weight excluding hydrogens is 324 g/mol. The van der Waals surface area contributed by atoms with Gasteiger partial charge in [0.25, 0.3) is 0 Å². The van der Waals surface area contributed by atoms with Crippen LogP contribution in [0.5, 0.6) is 0 Å². The Morgan fingerprint density at radius 1 is 1.00 bits per heavy atom. The second-order valence-electron chi connectivity index (χ2n) is 7.58. The Morgan fingerprint density at radius 2 is 1.54 bits per heavy atom. The number of hydrogen-bond acceptors (Lipinski definition) is 3. The van der Waals surface area contributed by atoms with E-state index in [1.807, 2.05) is 57.2 Å². The van der Waals surface area contributed by atoms with Gasteiger partial charge in [0, 0.05) is 24.2 Å². The fourth-order valence-electron chi connectivity index (χ4n) is 3.03. The molecule has 1 atom stereocenters. The Bertz CT molecular complexity index is 722. The SMILES string of the molecule is CC(C)(C)OC(=O)N1CC[C@@H](N=C(c2ccccc2)c2ccccc2)C1. The van der Waals surface area contributed by atoms with E-state index in [-0.39, 0.29) is 12.1 Å².